The lowest BCUT2D eigenvalue weighted by molar-refractivity contribution is -0.120. The molecule has 92 valence electrons. The number of hydrogen-bond donors (Lipinski definition) is 1. The van der Waals surface area contributed by atoms with Crippen molar-refractivity contribution in [2.75, 3.05) is 0 Å². The molecule has 0 rings (SSSR count). The summed E-state index contributed by atoms with van der Waals surface area (Å²) in [7, 11) is 0. The minimum atomic E-state index is 0.0340. The van der Waals surface area contributed by atoms with Crippen LogP contribution in [0.5, 0.6) is 0 Å². The summed E-state index contributed by atoms with van der Waals surface area (Å²) in [6.07, 6.45) is 6.42. The van der Waals surface area contributed by atoms with Crippen LogP contribution in [0.1, 0.15) is 40.5 Å². The highest BCUT2D eigenvalue weighted by Gasteiger charge is 2.03. The highest BCUT2D eigenvalue weighted by Crippen LogP contribution is 2.03. The number of carbonyl (C=O) groups excluding carboxylic acids is 1. The van der Waals surface area contributed by atoms with Gasteiger partial charge in [-0.2, -0.15) is 0 Å². The standard InChI is InChI=1S/C12H19NO.C2H6/c1-5-7-11(6-2)13-12(14)9-8-10(3)4;1-2/h5-7,10H,1-2,8-9H2,3-4H3,(H,13,14);1-2H3/b11-7+;. The van der Waals surface area contributed by atoms with Crippen LogP contribution < -0.4 is 5.32 Å². The van der Waals surface area contributed by atoms with Crippen molar-refractivity contribution in [2.45, 2.75) is 40.5 Å². The minimum Gasteiger partial charge on any atom is -0.326 e. The van der Waals surface area contributed by atoms with Gasteiger partial charge in [0.25, 0.3) is 0 Å². The first-order chi connectivity index (χ1) is 7.60. The molecule has 2 nitrogen and oxygen atoms in total. The van der Waals surface area contributed by atoms with Crippen molar-refractivity contribution >= 4 is 5.91 Å². The molecule has 1 amide bonds. The van der Waals surface area contributed by atoms with Crippen LogP contribution in [0.4, 0.5) is 0 Å². The van der Waals surface area contributed by atoms with Gasteiger partial charge in [-0.05, 0) is 24.5 Å². The summed E-state index contributed by atoms with van der Waals surface area (Å²) in [6.45, 7) is 15.3. The van der Waals surface area contributed by atoms with Gasteiger partial charge in [0.15, 0.2) is 0 Å². The van der Waals surface area contributed by atoms with Crippen molar-refractivity contribution in [1.82, 2.24) is 5.32 Å². The number of allylic oxidation sites excluding steroid dienone is 3. The highest BCUT2D eigenvalue weighted by atomic mass is 16.1. The van der Waals surface area contributed by atoms with Gasteiger partial charge < -0.3 is 5.32 Å². The average molecular weight is 223 g/mol. The molecule has 0 aromatic rings. The molecule has 0 aromatic heterocycles. The lowest BCUT2D eigenvalue weighted by atomic mass is 10.1. The van der Waals surface area contributed by atoms with Crippen molar-refractivity contribution < 1.29 is 4.79 Å². The molecule has 2 heteroatoms. The molecular weight excluding hydrogens is 198 g/mol. The van der Waals surface area contributed by atoms with Gasteiger partial charge in [-0.25, -0.2) is 0 Å². The first-order valence-corrected chi connectivity index (χ1v) is 5.85. The molecule has 0 heterocycles. The molecule has 0 saturated carbocycles. The summed E-state index contributed by atoms with van der Waals surface area (Å²) in [5.41, 5.74) is 0.703. The second kappa shape index (κ2) is 11.8. The molecule has 0 aliphatic carbocycles. The first kappa shape index (κ1) is 17.1. The van der Waals surface area contributed by atoms with E-state index >= 15 is 0 Å². The van der Waals surface area contributed by atoms with E-state index in [0.717, 1.165) is 6.42 Å². The van der Waals surface area contributed by atoms with Crippen LogP contribution in [0.15, 0.2) is 37.1 Å². The number of carbonyl (C=O) groups is 1. The third-order valence-corrected chi connectivity index (χ3v) is 1.75. The molecule has 0 saturated heterocycles. The largest absolute Gasteiger partial charge is 0.326 e. The Balaban J connectivity index is 0. The Hall–Kier alpha value is -1.31. The molecule has 0 atom stereocenters. The highest BCUT2D eigenvalue weighted by molar-refractivity contribution is 5.78. The van der Waals surface area contributed by atoms with E-state index in [1.165, 1.54) is 0 Å². The zero-order chi connectivity index (χ0) is 13.0. The number of hydrogen-bond acceptors (Lipinski definition) is 1. The van der Waals surface area contributed by atoms with Gasteiger partial charge in [0.1, 0.15) is 0 Å². The molecule has 0 unspecified atom stereocenters. The molecule has 0 aromatic carbocycles. The predicted octanol–water partition coefficient (Wildman–Crippen LogP) is 3.82. The van der Waals surface area contributed by atoms with Crippen LogP contribution in [0, 0.1) is 5.92 Å². The van der Waals surface area contributed by atoms with Crippen LogP contribution in [0.25, 0.3) is 0 Å². The molecule has 0 fully saturated rings. The van der Waals surface area contributed by atoms with Crippen LogP contribution >= 0.6 is 0 Å². The van der Waals surface area contributed by atoms with E-state index in [0.29, 0.717) is 18.0 Å². The SMILES string of the molecule is C=C/C=C(\C=C)NC(=O)CCC(C)C.CC. The average Bonchev–Trinajstić information content (AvgIpc) is 2.28. The van der Waals surface area contributed by atoms with Crippen LogP contribution in [0.2, 0.25) is 0 Å². The molecule has 0 aliphatic rings. The van der Waals surface area contributed by atoms with E-state index in [-0.39, 0.29) is 5.91 Å². The van der Waals surface area contributed by atoms with Gasteiger partial charge in [0, 0.05) is 12.1 Å². The maximum Gasteiger partial charge on any atom is 0.224 e. The van der Waals surface area contributed by atoms with Gasteiger partial charge in [-0.1, -0.05) is 46.9 Å². The van der Waals surface area contributed by atoms with E-state index < -0.39 is 0 Å². The fourth-order valence-electron chi connectivity index (χ4n) is 0.931. The second-order valence-corrected chi connectivity index (χ2v) is 3.54. The van der Waals surface area contributed by atoms with Crippen LogP contribution in [-0.4, -0.2) is 5.91 Å². The normalized spacial score (nSPS) is 10.2. The lowest BCUT2D eigenvalue weighted by Crippen LogP contribution is -2.21. The third-order valence-electron chi connectivity index (χ3n) is 1.75. The summed E-state index contributed by atoms with van der Waals surface area (Å²) >= 11 is 0. The van der Waals surface area contributed by atoms with Gasteiger partial charge >= 0.3 is 0 Å². The summed E-state index contributed by atoms with van der Waals surface area (Å²) < 4.78 is 0. The summed E-state index contributed by atoms with van der Waals surface area (Å²) in [5, 5.41) is 2.76. The van der Waals surface area contributed by atoms with E-state index in [1.807, 2.05) is 13.8 Å². The second-order valence-electron chi connectivity index (χ2n) is 3.54. The van der Waals surface area contributed by atoms with Crippen molar-refractivity contribution in [2.24, 2.45) is 5.92 Å². The molecule has 0 spiro atoms. The smallest absolute Gasteiger partial charge is 0.224 e. The zero-order valence-corrected chi connectivity index (χ0v) is 11.0. The lowest BCUT2D eigenvalue weighted by Gasteiger charge is -2.06. The van der Waals surface area contributed by atoms with E-state index in [9.17, 15) is 4.79 Å². The van der Waals surface area contributed by atoms with E-state index in [4.69, 9.17) is 0 Å². The summed E-state index contributed by atoms with van der Waals surface area (Å²) in [6, 6.07) is 0. The Morgan fingerprint density at radius 3 is 2.25 bits per heavy atom. The minimum absolute atomic E-state index is 0.0340. The quantitative estimate of drug-likeness (QED) is 0.681. The van der Waals surface area contributed by atoms with Crippen LogP contribution in [0.3, 0.4) is 0 Å². The number of amides is 1. The Morgan fingerprint density at radius 2 is 1.88 bits per heavy atom. The van der Waals surface area contributed by atoms with Crippen molar-refractivity contribution in [3.8, 4) is 0 Å². The molecule has 16 heavy (non-hydrogen) atoms. The summed E-state index contributed by atoms with van der Waals surface area (Å²) in [4.78, 5) is 11.4. The topological polar surface area (TPSA) is 29.1 Å². The van der Waals surface area contributed by atoms with E-state index in [1.54, 1.807) is 18.2 Å². The van der Waals surface area contributed by atoms with Crippen LogP contribution in [-0.2, 0) is 4.79 Å². The summed E-state index contributed by atoms with van der Waals surface area (Å²) in [5.74, 6) is 0.586. The van der Waals surface area contributed by atoms with Gasteiger partial charge in [-0.15, -0.1) is 0 Å². The monoisotopic (exact) mass is 223 g/mol. The zero-order valence-electron chi connectivity index (χ0n) is 11.0. The molecular formula is C14H25NO. The maximum atomic E-state index is 11.4. The first-order valence-electron chi connectivity index (χ1n) is 5.85. The van der Waals surface area contributed by atoms with Gasteiger partial charge in [0.05, 0.1) is 0 Å². The molecule has 0 aliphatic heterocycles. The fourth-order valence-corrected chi connectivity index (χ4v) is 0.931. The maximum absolute atomic E-state index is 11.4. The van der Waals surface area contributed by atoms with E-state index in [2.05, 4.69) is 32.3 Å². The molecule has 1 N–H and O–H groups in total. The molecule has 0 bridgehead atoms. The fraction of sp³-hybridized carbons (Fsp3) is 0.500. The third kappa shape index (κ3) is 10.8. The predicted molar refractivity (Wildman–Crippen MR) is 72.0 cm³/mol. The van der Waals surface area contributed by atoms with Gasteiger partial charge in [0.2, 0.25) is 5.91 Å². The Morgan fingerprint density at radius 1 is 1.31 bits per heavy atom. The van der Waals surface area contributed by atoms with Gasteiger partial charge in [-0.3, -0.25) is 4.79 Å². The Kier molecular flexibility index (Phi) is 12.6. The Bertz CT molecular complexity index is 239. The Labute approximate surface area is 100 Å². The van der Waals surface area contributed by atoms with Crippen molar-refractivity contribution in [3.05, 3.63) is 37.1 Å². The van der Waals surface area contributed by atoms with Crippen molar-refractivity contribution in [3.63, 3.8) is 0 Å². The number of rotatable bonds is 6. The van der Waals surface area contributed by atoms with Crippen molar-refractivity contribution in [1.29, 1.82) is 0 Å². The molecule has 0 radical (unpaired) electrons. The number of nitrogens with one attached hydrogen (secondary N) is 1.